The van der Waals surface area contributed by atoms with Crippen LogP contribution in [0.25, 0.3) is 0 Å². The summed E-state index contributed by atoms with van der Waals surface area (Å²) >= 11 is 0. The van der Waals surface area contributed by atoms with Gasteiger partial charge in [-0.1, -0.05) is 125 Å². The van der Waals surface area contributed by atoms with E-state index in [2.05, 4.69) is 98.9 Å². The third-order valence-electron chi connectivity index (χ3n) is 7.58. The fourth-order valence-electron chi connectivity index (χ4n) is 4.65. The topological polar surface area (TPSA) is 132 Å². The molecule has 10 heteroatoms. The quantitative estimate of drug-likeness (QED) is 0.0248. The molecule has 0 saturated carbocycles. The molecule has 298 valence electrons. The van der Waals surface area contributed by atoms with Crippen molar-refractivity contribution in [2.24, 2.45) is 0 Å². The molecule has 0 radical (unpaired) electrons. The highest BCUT2D eigenvalue weighted by Crippen LogP contribution is 2.43. The van der Waals surface area contributed by atoms with E-state index in [1.807, 2.05) is 0 Å². The average molecular weight is 751 g/mol. The molecule has 9 nitrogen and oxygen atoms in total. The van der Waals surface area contributed by atoms with Gasteiger partial charge < -0.3 is 24.6 Å². The lowest BCUT2D eigenvalue weighted by molar-refractivity contribution is -0.154. The van der Waals surface area contributed by atoms with Gasteiger partial charge in [-0.3, -0.25) is 13.8 Å². The number of allylic oxidation sites excluding steroid dienone is 14. The van der Waals surface area contributed by atoms with E-state index in [0.717, 1.165) is 103 Å². The number of carbonyl (C=O) groups excluding carboxylic acids is 1. The van der Waals surface area contributed by atoms with Crippen LogP contribution in [0.4, 0.5) is 0 Å². The molecule has 0 aromatic rings. The molecule has 0 rings (SSSR count). The van der Waals surface area contributed by atoms with Crippen LogP contribution < -0.4 is 0 Å². The first-order valence-corrected chi connectivity index (χ1v) is 21.1. The summed E-state index contributed by atoms with van der Waals surface area (Å²) in [6.45, 7) is 3.16. The third-order valence-corrected chi connectivity index (χ3v) is 8.53. The second-order valence-electron chi connectivity index (χ2n) is 12.5. The highest BCUT2D eigenvalue weighted by molar-refractivity contribution is 7.47. The smallest absolute Gasteiger partial charge is 0.457 e. The summed E-state index contributed by atoms with van der Waals surface area (Å²) in [5.41, 5.74) is 0. The van der Waals surface area contributed by atoms with Gasteiger partial charge in [0.1, 0.15) is 12.2 Å². The van der Waals surface area contributed by atoms with E-state index in [4.69, 9.17) is 23.6 Å². The molecule has 3 atom stereocenters. The highest BCUT2D eigenvalue weighted by atomic mass is 31.2. The van der Waals surface area contributed by atoms with E-state index in [0.29, 0.717) is 13.0 Å². The van der Waals surface area contributed by atoms with Crippen LogP contribution in [0.1, 0.15) is 129 Å². The van der Waals surface area contributed by atoms with E-state index < -0.39 is 45.8 Å². The molecule has 0 aromatic heterocycles. The largest absolute Gasteiger partial charge is 0.472 e. The molecule has 0 saturated heterocycles. The Bertz CT molecular complexity index is 1080. The summed E-state index contributed by atoms with van der Waals surface area (Å²) < 4.78 is 33.2. The van der Waals surface area contributed by atoms with Crippen molar-refractivity contribution in [2.75, 3.05) is 33.0 Å². The number of aliphatic hydroxyl groups excluding tert-OH is 2. The maximum Gasteiger partial charge on any atom is 0.472 e. The fourth-order valence-corrected chi connectivity index (χ4v) is 5.44. The number of hydrogen-bond donors (Lipinski definition) is 3. The molecule has 0 aliphatic carbocycles. The Morgan fingerprint density at radius 2 is 1.04 bits per heavy atom. The molecule has 0 fully saturated rings. The van der Waals surface area contributed by atoms with Crippen molar-refractivity contribution < 1.29 is 43.0 Å². The van der Waals surface area contributed by atoms with Gasteiger partial charge in [-0.15, -0.1) is 0 Å². The minimum Gasteiger partial charge on any atom is -0.457 e. The van der Waals surface area contributed by atoms with E-state index >= 15 is 0 Å². The molecule has 3 N–H and O–H groups in total. The third kappa shape index (κ3) is 37.4. The van der Waals surface area contributed by atoms with Gasteiger partial charge in [-0.25, -0.2) is 4.57 Å². The Morgan fingerprint density at radius 1 is 0.596 bits per heavy atom. The van der Waals surface area contributed by atoms with Crippen LogP contribution in [0.15, 0.2) is 85.1 Å². The van der Waals surface area contributed by atoms with Gasteiger partial charge in [0, 0.05) is 13.0 Å². The van der Waals surface area contributed by atoms with Crippen LogP contribution in [0.5, 0.6) is 0 Å². The van der Waals surface area contributed by atoms with Crippen LogP contribution in [-0.4, -0.2) is 66.3 Å². The highest BCUT2D eigenvalue weighted by Gasteiger charge is 2.26. The molecule has 0 heterocycles. The zero-order valence-corrected chi connectivity index (χ0v) is 33.1. The summed E-state index contributed by atoms with van der Waals surface area (Å²) in [5.74, 6) is -0.423. The Kier molecular flexibility index (Phi) is 36.6. The molecule has 0 spiro atoms. The lowest BCUT2D eigenvalue weighted by atomic mass is 10.1. The van der Waals surface area contributed by atoms with Crippen molar-refractivity contribution in [2.45, 2.75) is 142 Å². The summed E-state index contributed by atoms with van der Waals surface area (Å²) in [4.78, 5) is 22.5. The van der Waals surface area contributed by atoms with Gasteiger partial charge in [0.2, 0.25) is 0 Å². The molecule has 0 aromatic carbocycles. The van der Waals surface area contributed by atoms with Gasteiger partial charge >= 0.3 is 13.8 Å². The predicted molar refractivity (Wildman–Crippen MR) is 214 cm³/mol. The van der Waals surface area contributed by atoms with Crippen molar-refractivity contribution in [3.05, 3.63) is 85.1 Å². The first-order chi connectivity index (χ1) is 25.3. The first kappa shape index (κ1) is 49.6. The van der Waals surface area contributed by atoms with Crippen molar-refractivity contribution in [1.29, 1.82) is 0 Å². The van der Waals surface area contributed by atoms with Crippen LogP contribution in [0.3, 0.4) is 0 Å². The van der Waals surface area contributed by atoms with E-state index in [1.54, 1.807) is 0 Å². The maximum absolute atomic E-state index is 12.5. The van der Waals surface area contributed by atoms with E-state index in [1.165, 1.54) is 0 Å². The van der Waals surface area contributed by atoms with Crippen LogP contribution in [0, 0.1) is 0 Å². The summed E-state index contributed by atoms with van der Waals surface area (Å²) in [5, 5.41) is 18.3. The second kappa shape index (κ2) is 38.4. The maximum atomic E-state index is 12.5. The minimum absolute atomic E-state index is 0.0188. The van der Waals surface area contributed by atoms with Crippen LogP contribution >= 0.6 is 7.82 Å². The lowest BCUT2D eigenvalue weighted by Gasteiger charge is -2.20. The fraction of sp³-hybridized carbons (Fsp3) is 0.643. The summed E-state index contributed by atoms with van der Waals surface area (Å²) in [7, 11) is -4.53. The number of rotatable bonds is 36. The Hall–Kier alpha value is -2.36. The average Bonchev–Trinajstić information content (AvgIpc) is 3.13. The SMILES string of the molecule is CC/C=C\C/C=C\C/C=C\C/C=C\CCCCCCCOCC(COP(=O)(O)OCC(O)CO)OC(=O)CCCCC/C=C\C/C=C\C/C=C\CC. The van der Waals surface area contributed by atoms with Gasteiger partial charge in [-0.05, 0) is 83.5 Å². The van der Waals surface area contributed by atoms with Crippen LogP contribution in [0.2, 0.25) is 0 Å². The number of hydrogen-bond acceptors (Lipinski definition) is 8. The number of aliphatic hydroxyl groups is 2. The lowest BCUT2D eigenvalue weighted by Crippen LogP contribution is -2.29. The molecule has 0 aliphatic rings. The van der Waals surface area contributed by atoms with Gasteiger partial charge in [0.15, 0.2) is 0 Å². The number of carbonyl (C=O) groups is 1. The molecular formula is C42H71O9P. The Balaban J connectivity index is 4.31. The standard InChI is InChI=1S/C42H71O9P/c1-3-5-7-9-11-13-15-17-18-19-20-21-23-25-27-29-31-33-35-48-38-41(39-50-52(46,47)49-37-40(44)36-43)51-42(45)34-32-30-28-26-24-22-16-14-12-10-8-6-4-2/h5-8,11-14,17-18,20-22,24,40-41,43-44H,3-4,9-10,15-16,19,23,25-39H2,1-2H3,(H,46,47)/b7-5-,8-6-,13-11-,14-12-,18-17-,21-20-,24-22-. The molecule has 0 aliphatic heterocycles. The number of phosphoric ester groups is 1. The van der Waals surface area contributed by atoms with Gasteiger partial charge in [0.25, 0.3) is 0 Å². The normalized spacial score (nSPS) is 15.1. The Labute approximate surface area is 315 Å². The number of unbranched alkanes of at least 4 members (excludes halogenated alkanes) is 8. The monoisotopic (exact) mass is 750 g/mol. The van der Waals surface area contributed by atoms with Crippen molar-refractivity contribution in [1.82, 2.24) is 0 Å². The number of phosphoric acid groups is 1. The predicted octanol–water partition coefficient (Wildman–Crippen LogP) is 10.4. The second-order valence-corrected chi connectivity index (χ2v) is 14.0. The van der Waals surface area contributed by atoms with Crippen molar-refractivity contribution in [3.63, 3.8) is 0 Å². The first-order valence-electron chi connectivity index (χ1n) is 19.6. The molecule has 0 amide bonds. The zero-order chi connectivity index (χ0) is 38.2. The zero-order valence-electron chi connectivity index (χ0n) is 32.2. The molecule has 3 unspecified atom stereocenters. The summed E-state index contributed by atoms with van der Waals surface area (Å²) in [6, 6.07) is 0. The van der Waals surface area contributed by atoms with Gasteiger partial charge in [-0.2, -0.15) is 0 Å². The van der Waals surface area contributed by atoms with Crippen molar-refractivity contribution >= 4 is 13.8 Å². The molecule has 0 bridgehead atoms. The molecule has 52 heavy (non-hydrogen) atoms. The van der Waals surface area contributed by atoms with E-state index in [-0.39, 0.29) is 13.0 Å². The van der Waals surface area contributed by atoms with Crippen LogP contribution in [-0.2, 0) is 27.9 Å². The van der Waals surface area contributed by atoms with Crippen molar-refractivity contribution in [3.8, 4) is 0 Å². The summed E-state index contributed by atoms with van der Waals surface area (Å²) in [6.07, 6.45) is 45.4. The number of esters is 1. The minimum atomic E-state index is -4.53. The molecular weight excluding hydrogens is 679 g/mol. The Morgan fingerprint density at radius 3 is 1.56 bits per heavy atom. The number of ether oxygens (including phenoxy) is 2. The van der Waals surface area contributed by atoms with Gasteiger partial charge in [0.05, 0.1) is 26.4 Å². The van der Waals surface area contributed by atoms with E-state index in [9.17, 15) is 19.4 Å².